The van der Waals surface area contributed by atoms with E-state index in [1.165, 1.54) is 4.31 Å². The van der Waals surface area contributed by atoms with Crippen LogP contribution in [-0.4, -0.2) is 31.5 Å². The fraction of sp³-hybridized carbons (Fsp3) is 0.269. The summed E-state index contributed by atoms with van der Waals surface area (Å²) in [7, 11) is -3.69. The first-order chi connectivity index (χ1) is 15.1. The van der Waals surface area contributed by atoms with E-state index in [0.717, 1.165) is 28.5 Å². The largest absolute Gasteiger partial charge is 0.332 e. The monoisotopic (exact) mass is 450 g/mol. The number of aryl methyl sites for hydroxylation is 2. The molecule has 3 rings (SSSR count). The molecular formula is C26H30N2O3S. The molecule has 0 N–H and O–H groups in total. The van der Waals surface area contributed by atoms with Crippen molar-refractivity contribution in [3.63, 3.8) is 0 Å². The van der Waals surface area contributed by atoms with Gasteiger partial charge in [-0.15, -0.1) is 0 Å². The van der Waals surface area contributed by atoms with E-state index in [-0.39, 0.29) is 5.91 Å². The van der Waals surface area contributed by atoms with Crippen molar-refractivity contribution in [1.82, 2.24) is 4.90 Å². The van der Waals surface area contributed by atoms with Gasteiger partial charge < -0.3 is 4.90 Å². The highest BCUT2D eigenvalue weighted by Gasteiger charge is 2.32. The van der Waals surface area contributed by atoms with Gasteiger partial charge in [0.05, 0.1) is 11.9 Å². The third-order valence-corrected chi connectivity index (χ3v) is 6.51. The normalized spacial score (nSPS) is 12.2. The number of hydrogen-bond acceptors (Lipinski definition) is 3. The fourth-order valence-corrected chi connectivity index (χ4v) is 5.12. The van der Waals surface area contributed by atoms with Gasteiger partial charge in [0.15, 0.2) is 0 Å². The highest BCUT2D eigenvalue weighted by atomic mass is 32.2. The number of carbonyl (C=O) groups excluding carboxylic acids is 1. The third kappa shape index (κ3) is 5.98. The molecule has 1 amide bonds. The van der Waals surface area contributed by atoms with E-state index in [0.29, 0.717) is 18.8 Å². The number of rotatable bonds is 8. The van der Waals surface area contributed by atoms with Crippen LogP contribution in [0.5, 0.6) is 0 Å². The molecular weight excluding hydrogens is 420 g/mol. The molecule has 0 heterocycles. The summed E-state index contributed by atoms with van der Waals surface area (Å²) in [4.78, 5) is 15.4. The van der Waals surface area contributed by atoms with E-state index in [4.69, 9.17) is 0 Å². The van der Waals surface area contributed by atoms with E-state index < -0.39 is 16.1 Å². The van der Waals surface area contributed by atoms with Gasteiger partial charge in [-0.2, -0.15) is 0 Å². The summed E-state index contributed by atoms with van der Waals surface area (Å²) in [6, 6.07) is 24.2. The van der Waals surface area contributed by atoms with Crippen LogP contribution in [0.3, 0.4) is 0 Å². The predicted octanol–water partition coefficient (Wildman–Crippen LogP) is 4.69. The summed E-state index contributed by atoms with van der Waals surface area (Å²) >= 11 is 0. The molecule has 1 unspecified atom stereocenters. The zero-order chi connectivity index (χ0) is 23.3. The van der Waals surface area contributed by atoms with E-state index >= 15 is 0 Å². The van der Waals surface area contributed by atoms with E-state index in [2.05, 4.69) is 0 Å². The lowest BCUT2D eigenvalue weighted by Gasteiger charge is -2.33. The first-order valence-electron chi connectivity index (χ1n) is 10.6. The van der Waals surface area contributed by atoms with Crippen LogP contribution >= 0.6 is 0 Å². The van der Waals surface area contributed by atoms with E-state index in [1.807, 2.05) is 80.6 Å². The Hall–Kier alpha value is -3.12. The maximum absolute atomic E-state index is 13.7. The lowest BCUT2D eigenvalue weighted by molar-refractivity contribution is -0.133. The Balaban J connectivity index is 1.98. The minimum Gasteiger partial charge on any atom is -0.332 e. The number of benzene rings is 3. The van der Waals surface area contributed by atoms with Crippen molar-refractivity contribution < 1.29 is 13.2 Å². The van der Waals surface area contributed by atoms with Gasteiger partial charge in [-0.25, -0.2) is 8.42 Å². The van der Waals surface area contributed by atoms with Crippen molar-refractivity contribution in [3.05, 3.63) is 101 Å². The van der Waals surface area contributed by atoms with Crippen LogP contribution in [0.2, 0.25) is 0 Å². The maximum Gasteiger partial charge on any atom is 0.246 e. The minimum absolute atomic E-state index is 0.248. The van der Waals surface area contributed by atoms with Crippen LogP contribution in [0.4, 0.5) is 5.69 Å². The lowest BCUT2D eigenvalue weighted by atomic mass is 10.1. The fourth-order valence-electron chi connectivity index (χ4n) is 3.96. The lowest BCUT2D eigenvalue weighted by Crippen LogP contribution is -2.49. The van der Waals surface area contributed by atoms with Crippen LogP contribution in [0.25, 0.3) is 0 Å². The van der Waals surface area contributed by atoms with Crippen molar-refractivity contribution in [2.45, 2.75) is 39.9 Å². The molecule has 0 bridgehead atoms. The molecule has 0 aliphatic carbocycles. The summed E-state index contributed by atoms with van der Waals surface area (Å²) in [5, 5.41) is 0. The van der Waals surface area contributed by atoms with Crippen molar-refractivity contribution in [2.24, 2.45) is 0 Å². The average Bonchev–Trinajstić information content (AvgIpc) is 2.72. The molecule has 0 saturated heterocycles. The highest BCUT2D eigenvalue weighted by Crippen LogP contribution is 2.25. The topological polar surface area (TPSA) is 57.7 Å². The summed E-state index contributed by atoms with van der Waals surface area (Å²) < 4.78 is 26.8. The second-order valence-electron chi connectivity index (χ2n) is 8.25. The molecule has 0 spiro atoms. The third-order valence-electron chi connectivity index (χ3n) is 5.27. The number of amides is 1. The summed E-state index contributed by atoms with van der Waals surface area (Å²) in [6.07, 6.45) is 1.15. The average molecular weight is 451 g/mol. The quantitative estimate of drug-likeness (QED) is 0.500. The summed E-state index contributed by atoms with van der Waals surface area (Å²) in [5.41, 5.74) is 4.37. The van der Waals surface area contributed by atoms with Crippen LogP contribution in [0, 0.1) is 13.8 Å². The number of sulfonamides is 1. The van der Waals surface area contributed by atoms with Crippen molar-refractivity contribution in [3.8, 4) is 0 Å². The zero-order valence-electron chi connectivity index (χ0n) is 19.0. The molecule has 0 aromatic heterocycles. The number of hydrogen-bond donors (Lipinski definition) is 0. The molecule has 0 fully saturated rings. The van der Waals surface area contributed by atoms with E-state index in [1.54, 1.807) is 24.0 Å². The van der Waals surface area contributed by atoms with Gasteiger partial charge in [-0.3, -0.25) is 9.10 Å². The van der Waals surface area contributed by atoms with Gasteiger partial charge in [0, 0.05) is 13.1 Å². The molecule has 0 aliphatic heterocycles. The molecule has 168 valence electrons. The van der Waals surface area contributed by atoms with Crippen molar-refractivity contribution in [2.75, 3.05) is 10.6 Å². The second-order valence-corrected chi connectivity index (χ2v) is 10.1. The van der Waals surface area contributed by atoms with Gasteiger partial charge in [0.2, 0.25) is 15.9 Å². The minimum atomic E-state index is -3.69. The zero-order valence-corrected chi connectivity index (χ0v) is 19.8. The first-order valence-corrected chi connectivity index (χ1v) is 12.4. The second kappa shape index (κ2) is 10.0. The Labute approximate surface area is 191 Å². The Morgan fingerprint density at radius 2 is 1.25 bits per heavy atom. The molecule has 0 radical (unpaired) electrons. The Kier molecular flexibility index (Phi) is 7.36. The van der Waals surface area contributed by atoms with Gasteiger partial charge in [0.1, 0.15) is 6.04 Å². The van der Waals surface area contributed by atoms with Crippen LogP contribution in [-0.2, 0) is 27.9 Å². The molecule has 0 aliphatic rings. The number of carbonyl (C=O) groups is 1. The molecule has 3 aromatic rings. The number of anilines is 1. The molecule has 0 saturated carbocycles. The summed E-state index contributed by atoms with van der Waals surface area (Å²) in [6.45, 7) is 6.28. The van der Waals surface area contributed by atoms with Gasteiger partial charge in [-0.1, -0.05) is 66.7 Å². The Morgan fingerprint density at radius 1 is 0.812 bits per heavy atom. The predicted molar refractivity (Wildman–Crippen MR) is 130 cm³/mol. The molecule has 1 atom stereocenters. The van der Waals surface area contributed by atoms with E-state index in [9.17, 15) is 13.2 Å². The Morgan fingerprint density at radius 3 is 1.66 bits per heavy atom. The van der Waals surface area contributed by atoms with Crippen LogP contribution < -0.4 is 4.31 Å². The van der Waals surface area contributed by atoms with Gasteiger partial charge in [0.25, 0.3) is 0 Å². The smallest absolute Gasteiger partial charge is 0.246 e. The van der Waals surface area contributed by atoms with Gasteiger partial charge in [-0.05, 0) is 55.2 Å². The molecule has 5 nitrogen and oxygen atoms in total. The van der Waals surface area contributed by atoms with Crippen molar-refractivity contribution in [1.29, 1.82) is 0 Å². The molecule has 32 heavy (non-hydrogen) atoms. The number of nitrogens with zero attached hydrogens (tertiary/aromatic N) is 2. The van der Waals surface area contributed by atoms with Gasteiger partial charge >= 0.3 is 0 Å². The maximum atomic E-state index is 13.7. The summed E-state index contributed by atoms with van der Waals surface area (Å²) in [5.74, 6) is -0.248. The van der Waals surface area contributed by atoms with Crippen molar-refractivity contribution >= 4 is 21.6 Å². The standard InChI is InChI=1S/C26H30N2O3S/c1-20-15-21(2)17-25(16-20)28(32(4,30)31)22(3)26(29)27(18-23-11-7-5-8-12-23)19-24-13-9-6-10-14-24/h5-17,22H,18-19H2,1-4H3. The SMILES string of the molecule is Cc1cc(C)cc(N(C(C)C(=O)N(Cc2ccccc2)Cc2ccccc2)S(C)(=O)=O)c1. The highest BCUT2D eigenvalue weighted by molar-refractivity contribution is 7.92. The van der Waals surface area contributed by atoms with Crippen LogP contribution in [0.1, 0.15) is 29.2 Å². The van der Waals surface area contributed by atoms with Crippen LogP contribution in [0.15, 0.2) is 78.9 Å². The molecule has 6 heteroatoms. The Bertz CT molecular complexity index is 1100. The molecule has 3 aromatic carbocycles. The first kappa shape index (κ1) is 23.5.